The molecule has 4 heteroatoms. The summed E-state index contributed by atoms with van der Waals surface area (Å²) in [4.78, 5) is 15.0. The Morgan fingerprint density at radius 1 is 1.09 bits per heavy atom. The first-order chi connectivity index (χ1) is 10.5. The van der Waals surface area contributed by atoms with E-state index in [9.17, 15) is 4.79 Å². The first-order valence-corrected chi connectivity index (χ1v) is 8.76. The van der Waals surface area contributed by atoms with Crippen LogP contribution in [0.4, 0.5) is 5.69 Å². The Morgan fingerprint density at radius 3 is 2.41 bits per heavy atom. The van der Waals surface area contributed by atoms with Crippen molar-refractivity contribution < 1.29 is 0 Å². The SMILES string of the molecule is Cc1cc(C)cc(CSc2[nH]c(=O)c(N)c3c2CCCC3)c1. The van der Waals surface area contributed by atoms with Crippen LogP contribution in [0.25, 0.3) is 0 Å². The number of thioether (sulfide) groups is 1. The molecule has 0 spiro atoms. The first-order valence-electron chi connectivity index (χ1n) is 7.78. The summed E-state index contributed by atoms with van der Waals surface area (Å²) < 4.78 is 0. The highest BCUT2D eigenvalue weighted by molar-refractivity contribution is 7.98. The molecule has 1 aliphatic rings. The van der Waals surface area contributed by atoms with Crippen LogP contribution in [0.5, 0.6) is 0 Å². The van der Waals surface area contributed by atoms with Gasteiger partial charge < -0.3 is 10.7 Å². The van der Waals surface area contributed by atoms with E-state index in [2.05, 4.69) is 37.0 Å². The van der Waals surface area contributed by atoms with Crippen molar-refractivity contribution in [2.75, 3.05) is 5.73 Å². The van der Waals surface area contributed by atoms with Crippen LogP contribution in [0.1, 0.15) is 40.7 Å². The van der Waals surface area contributed by atoms with Gasteiger partial charge in [-0.1, -0.05) is 29.3 Å². The van der Waals surface area contributed by atoms with Crippen LogP contribution in [0.15, 0.2) is 28.0 Å². The number of nitrogens with two attached hydrogens (primary N) is 1. The van der Waals surface area contributed by atoms with E-state index in [1.807, 2.05) is 0 Å². The molecule has 1 aliphatic carbocycles. The highest BCUT2D eigenvalue weighted by Crippen LogP contribution is 2.32. The summed E-state index contributed by atoms with van der Waals surface area (Å²) in [7, 11) is 0. The van der Waals surface area contributed by atoms with Gasteiger partial charge in [0.15, 0.2) is 0 Å². The van der Waals surface area contributed by atoms with E-state index in [-0.39, 0.29) is 5.56 Å². The lowest BCUT2D eigenvalue weighted by molar-refractivity contribution is 0.667. The molecule has 0 amide bonds. The fraction of sp³-hybridized carbons (Fsp3) is 0.389. The lowest BCUT2D eigenvalue weighted by Crippen LogP contribution is -2.20. The Labute approximate surface area is 135 Å². The summed E-state index contributed by atoms with van der Waals surface area (Å²) in [5.41, 5.74) is 12.5. The van der Waals surface area contributed by atoms with Crippen molar-refractivity contribution in [3.8, 4) is 0 Å². The van der Waals surface area contributed by atoms with Crippen LogP contribution >= 0.6 is 11.8 Å². The number of benzene rings is 1. The minimum atomic E-state index is -0.136. The Hall–Kier alpha value is -1.68. The molecule has 0 unspecified atom stereocenters. The first kappa shape index (κ1) is 15.2. The number of aryl methyl sites for hydroxylation is 2. The normalized spacial score (nSPS) is 13.9. The molecule has 0 fully saturated rings. The van der Waals surface area contributed by atoms with Crippen LogP contribution in [0.3, 0.4) is 0 Å². The summed E-state index contributed by atoms with van der Waals surface area (Å²) in [6, 6.07) is 6.60. The van der Waals surface area contributed by atoms with Gasteiger partial charge in [-0.05, 0) is 56.2 Å². The number of hydrogen-bond donors (Lipinski definition) is 2. The fourth-order valence-corrected chi connectivity index (χ4v) is 4.31. The molecule has 1 aromatic carbocycles. The molecular formula is C18H22N2OS. The van der Waals surface area contributed by atoms with Crippen molar-refractivity contribution in [3.63, 3.8) is 0 Å². The minimum Gasteiger partial charge on any atom is -0.394 e. The van der Waals surface area contributed by atoms with E-state index in [1.165, 1.54) is 28.7 Å². The smallest absolute Gasteiger partial charge is 0.272 e. The number of aromatic nitrogens is 1. The molecule has 116 valence electrons. The van der Waals surface area contributed by atoms with Crippen molar-refractivity contribution in [2.45, 2.75) is 50.3 Å². The molecule has 0 radical (unpaired) electrons. The standard InChI is InChI=1S/C18H22N2OS/c1-11-7-12(2)9-13(8-11)10-22-18-15-6-4-3-5-14(15)16(19)17(21)20-18/h7-9H,3-6,10,19H2,1-2H3,(H,20,21). The second-order valence-corrected chi connectivity index (χ2v) is 7.13. The lowest BCUT2D eigenvalue weighted by Gasteiger charge is -2.20. The second kappa shape index (κ2) is 6.21. The summed E-state index contributed by atoms with van der Waals surface area (Å²) in [6.07, 6.45) is 4.26. The average molecular weight is 314 g/mol. The van der Waals surface area contributed by atoms with Gasteiger partial charge in [0.1, 0.15) is 5.69 Å². The maximum atomic E-state index is 12.0. The van der Waals surface area contributed by atoms with E-state index in [0.717, 1.165) is 35.6 Å². The van der Waals surface area contributed by atoms with Gasteiger partial charge in [-0.25, -0.2) is 0 Å². The van der Waals surface area contributed by atoms with Crippen molar-refractivity contribution in [3.05, 3.63) is 56.4 Å². The predicted octanol–water partition coefficient (Wildman–Crippen LogP) is 3.75. The molecule has 0 bridgehead atoms. The van der Waals surface area contributed by atoms with Crippen molar-refractivity contribution in [2.24, 2.45) is 0 Å². The summed E-state index contributed by atoms with van der Waals surface area (Å²) in [5.74, 6) is 0.870. The number of anilines is 1. The van der Waals surface area contributed by atoms with Gasteiger partial charge in [-0.3, -0.25) is 4.79 Å². The van der Waals surface area contributed by atoms with Gasteiger partial charge in [0.25, 0.3) is 5.56 Å². The molecule has 3 N–H and O–H groups in total. The van der Waals surface area contributed by atoms with Crippen LogP contribution in [0.2, 0.25) is 0 Å². The zero-order valence-corrected chi connectivity index (χ0v) is 14.0. The van der Waals surface area contributed by atoms with E-state index in [0.29, 0.717) is 5.69 Å². The number of fused-ring (bicyclic) bond motifs is 1. The highest BCUT2D eigenvalue weighted by Gasteiger charge is 2.19. The molecule has 1 heterocycles. The van der Waals surface area contributed by atoms with Crippen molar-refractivity contribution >= 4 is 17.4 Å². The third-order valence-corrected chi connectivity index (χ3v) is 5.32. The zero-order chi connectivity index (χ0) is 15.7. The van der Waals surface area contributed by atoms with E-state index in [4.69, 9.17) is 5.73 Å². The molecule has 2 aromatic rings. The van der Waals surface area contributed by atoms with Gasteiger partial charge in [-0.2, -0.15) is 0 Å². The van der Waals surface area contributed by atoms with Gasteiger partial charge >= 0.3 is 0 Å². The number of nitrogen functional groups attached to an aromatic ring is 1. The number of nitrogens with one attached hydrogen (secondary N) is 1. The lowest BCUT2D eigenvalue weighted by atomic mass is 9.92. The predicted molar refractivity (Wildman–Crippen MR) is 93.6 cm³/mol. The summed E-state index contributed by atoms with van der Waals surface area (Å²) in [6.45, 7) is 4.24. The van der Waals surface area contributed by atoms with Gasteiger partial charge in [0.2, 0.25) is 0 Å². The summed E-state index contributed by atoms with van der Waals surface area (Å²) in [5, 5.41) is 1.01. The average Bonchev–Trinajstić information content (AvgIpc) is 2.49. The van der Waals surface area contributed by atoms with E-state index < -0.39 is 0 Å². The maximum absolute atomic E-state index is 12.0. The molecule has 1 aromatic heterocycles. The Bertz CT molecular complexity index is 744. The Balaban J connectivity index is 1.89. The van der Waals surface area contributed by atoms with Crippen LogP contribution in [-0.4, -0.2) is 4.98 Å². The van der Waals surface area contributed by atoms with Crippen LogP contribution in [-0.2, 0) is 18.6 Å². The molecule has 0 atom stereocenters. The van der Waals surface area contributed by atoms with E-state index >= 15 is 0 Å². The second-order valence-electron chi connectivity index (χ2n) is 6.15. The largest absolute Gasteiger partial charge is 0.394 e. The Morgan fingerprint density at radius 2 is 1.73 bits per heavy atom. The fourth-order valence-electron chi connectivity index (χ4n) is 3.27. The minimum absolute atomic E-state index is 0.136. The molecule has 0 saturated carbocycles. The van der Waals surface area contributed by atoms with E-state index in [1.54, 1.807) is 11.8 Å². The van der Waals surface area contributed by atoms with Gasteiger partial charge in [-0.15, -0.1) is 11.8 Å². The number of H-pyrrole nitrogens is 1. The highest BCUT2D eigenvalue weighted by atomic mass is 32.2. The number of aromatic amines is 1. The topological polar surface area (TPSA) is 58.9 Å². The Kier molecular flexibility index (Phi) is 4.30. The third-order valence-electron chi connectivity index (χ3n) is 4.20. The van der Waals surface area contributed by atoms with Crippen molar-refractivity contribution in [1.82, 2.24) is 4.98 Å². The molecule has 0 aliphatic heterocycles. The quantitative estimate of drug-likeness (QED) is 0.848. The molecule has 3 rings (SSSR count). The molecule has 3 nitrogen and oxygen atoms in total. The van der Waals surface area contributed by atoms with Gasteiger partial charge in [0, 0.05) is 5.75 Å². The molecular weight excluding hydrogens is 292 g/mol. The third kappa shape index (κ3) is 3.07. The van der Waals surface area contributed by atoms with Crippen LogP contribution in [0, 0.1) is 13.8 Å². The van der Waals surface area contributed by atoms with Crippen LogP contribution < -0.4 is 11.3 Å². The van der Waals surface area contributed by atoms with Crippen molar-refractivity contribution in [1.29, 1.82) is 0 Å². The van der Waals surface area contributed by atoms with Gasteiger partial charge in [0.05, 0.1) is 5.03 Å². The number of rotatable bonds is 3. The molecule has 22 heavy (non-hydrogen) atoms. The zero-order valence-electron chi connectivity index (χ0n) is 13.2. The molecule has 0 saturated heterocycles. The monoisotopic (exact) mass is 314 g/mol. The number of pyridine rings is 1. The summed E-state index contributed by atoms with van der Waals surface area (Å²) >= 11 is 1.72. The number of hydrogen-bond acceptors (Lipinski definition) is 3. The maximum Gasteiger partial charge on any atom is 0.272 e.